The number of hydrogen-bond donors (Lipinski definition) is 0. The van der Waals surface area contributed by atoms with Crippen LogP contribution in [-0.4, -0.2) is 48.0 Å². The van der Waals surface area contributed by atoms with Crippen LogP contribution in [-0.2, 0) is 6.54 Å². The highest BCUT2D eigenvalue weighted by Gasteiger charge is 2.39. The molecule has 0 radical (unpaired) electrons. The molecule has 0 amide bonds. The van der Waals surface area contributed by atoms with E-state index >= 15 is 0 Å². The number of likely N-dealkylation sites (N-methyl/N-ethyl adjacent to an activating group) is 2. The quantitative estimate of drug-likeness (QED) is 0.765. The first-order valence-corrected chi connectivity index (χ1v) is 6.87. The van der Waals surface area contributed by atoms with Gasteiger partial charge in [-0.2, -0.15) is 0 Å². The van der Waals surface area contributed by atoms with E-state index in [-0.39, 0.29) is 0 Å². The molecule has 1 aliphatic rings. The zero-order valence-electron chi connectivity index (χ0n) is 11.5. The minimum atomic E-state index is 0.365. The summed E-state index contributed by atoms with van der Waals surface area (Å²) in [6.07, 6.45) is 5.68. The molecule has 0 saturated heterocycles. The van der Waals surface area contributed by atoms with Gasteiger partial charge >= 0.3 is 0 Å². The van der Waals surface area contributed by atoms with Crippen molar-refractivity contribution in [1.29, 1.82) is 0 Å². The predicted octanol–water partition coefficient (Wildman–Crippen LogP) is 2.65. The second kappa shape index (κ2) is 5.55. The molecule has 4 heteroatoms. The van der Waals surface area contributed by atoms with Gasteiger partial charge in [0.2, 0.25) is 0 Å². The van der Waals surface area contributed by atoms with Gasteiger partial charge in [0.1, 0.15) is 5.15 Å². The number of pyridine rings is 1. The maximum absolute atomic E-state index is 6.10. The van der Waals surface area contributed by atoms with Crippen LogP contribution in [0.5, 0.6) is 0 Å². The van der Waals surface area contributed by atoms with Gasteiger partial charge in [-0.1, -0.05) is 17.7 Å². The molecule has 100 valence electrons. The van der Waals surface area contributed by atoms with E-state index in [4.69, 9.17) is 11.6 Å². The van der Waals surface area contributed by atoms with Crippen molar-refractivity contribution in [2.24, 2.45) is 0 Å². The van der Waals surface area contributed by atoms with Gasteiger partial charge in [-0.25, -0.2) is 4.98 Å². The molecule has 1 aromatic heterocycles. The lowest BCUT2D eigenvalue weighted by Gasteiger charge is -2.49. The second-order valence-corrected chi connectivity index (χ2v) is 5.96. The lowest BCUT2D eigenvalue weighted by Crippen LogP contribution is -2.56. The Balaban J connectivity index is 1.97. The molecular formula is C14H22ClN3. The van der Waals surface area contributed by atoms with Crippen LogP contribution < -0.4 is 0 Å². The van der Waals surface area contributed by atoms with Gasteiger partial charge in [0.15, 0.2) is 0 Å². The average molecular weight is 268 g/mol. The summed E-state index contributed by atoms with van der Waals surface area (Å²) in [6, 6.07) is 4.00. The fourth-order valence-corrected chi connectivity index (χ4v) is 2.90. The number of halogens is 1. The van der Waals surface area contributed by atoms with Crippen LogP contribution in [0.2, 0.25) is 5.15 Å². The maximum Gasteiger partial charge on any atom is 0.133 e. The molecule has 0 bridgehead atoms. The van der Waals surface area contributed by atoms with Crippen LogP contribution in [0.15, 0.2) is 18.3 Å². The lowest BCUT2D eigenvalue weighted by atomic mass is 9.75. The van der Waals surface area contributed by atoms with Gasteiger partial charge in [-0.05, 0) is 46.5 Å². The van der Waals surface area contributed by atoms with Crippen molar-refractivity contribution in [3.63, 3.8) is 0 Å². The van der Waals surface area contributed by atoms with E-state index in [1.54, 1.807) is 6.20 Å². The summed E-state index contributed by atoms with van der Waals surface area (Å²) in [6.45, 7) is 1.95. The van der Waals surface area contributed by atoms with Crippen LogP contribution in [0.3, 0.4) is 0 Å². The number of nitrogens with zero attached hydrogens (tertiary/aromatic N) is 3. The van der Waals surface area contributed by atoms with E-state index in [1.165, 1.54) is 19.3 Å². The van der Waals surface area contributed by atoms with Gasteiger partial charge in [0.25, 0.3) is 0 Å². The lowest BCUT2D eigenvalue weighted by molar-refractivity contribution is 0.0259. The van der Waals surface area contributed by atoms with Crippen LogP contribution >= 0.6 is 11.6 Å². The summed E-state index contributed by atoms with van der Waals surface area (Å²) in [7, 11) is 6.53. The third-order valence-corrected chi connectivity index (χ3v) is 4.41. The van der Waals surface area contributed by atoms with Crippen LogP contribution in [0.25, 0.3) is 0 Å². The van der Waals surface area contributed by atoms with E-state index in [1.807, 2.05) is 6.07 Å². The van der Waals surface area contributed by atoms with Crippen molar-refractivity contribution in [2.45, 2.75) is 31.3 Å². The molecule has 0 spiro atoms. The third kappa shape index (κ3) is 2.85. The van der Waals surface area contributed by atoms with Crippen molar-refractivity contribution in [2.75, 3.05) is 27.7 Å². The molecule has 18 heavy (non-hydrogen) atoms. The molecule has 1 heterocycles. The fourth-order valence-electron chi connectivity index (χ4n) is 2.72. The molecule has 1 aromatic rings. The van der Waals surface area contributed by atoms with Gasteiger partial charge < -0.3 is 9.80 Å². The Labute approximate surface area is 115 Å². The first-order chi connectivity index (χ1) is 8.53. The monoisotopic (exact) mass is 267 g/mol. The Morgan fingerprint density at radius 2 is 2.06 bits per heavy atom. The summed E-state index contributed by atoms with van der Waals surface area (Å²) >= 11 is 6.10. The largest absolute Gasteiger partial charge is 0.302 e. The normalized spacial score (nSPS) is 18.1. The SMILES string of the molecule is CN(Cc1cccnc1Cl)CC1(N(C)C)CCC1. The van der Waals surface area contributed by atoms with E-state index in [2.05, 4.69) is 42.0 Å². The number of aromatic nitrogens is 1. The molecule has 2 rings (SSSR count). The van der Waals surface area contributed by atoms with Crippen LogP contribution in [0.4, 0.5) is 0 Å². The summed E-state index contributed by atoms with van der Waals surface area (Å²) in [5.41, 5.74) is 1.47. The highest BCUT2D eigenvalue weighted by atomic mass is 35.5. The van der Waals surface area contributed by atoms with Gasteiger partial charge in [0, 0.05) is 30.4 Å². The van der Waals surface area contributed by atoms with Crippen molar-refractivity contribution in [1.82, 2.24) is 14.8 Å². The number of hydrogen-bond acceptors (Lipinski definition) is 3. The summed E-state index contributed by atoms with van der Waals surface area (Å²) in [4.78, 5) is 8.85. The predicted molar refractivity (Wildman–Crippen MR) is 75.9 cm³/mol. The van der Waals surface area contributed by atoms with E-state index in [9.17, 15) is 0 Å². The molecule has 0 aliphatic heterocycles. The highest BCUT2D eigenvalue weighted by molar-refractivity contribution is 6.30. The Kier molecular flexibility index (Phi) is 4.25. The van der Waals surface area contributed by atoms with E-state index in [0.717, 1.165) is 18.7 Å². The number of rotatable bonds is 5. The molecule has 0 N–H and O–H groups in total. The first-order valence-electron chi connectivity index (χ1n) is 6.49. The second-order valence-electron chi connectivity index (χ2n) is 5.60. The van der Waals surface area contributed by atoms with Crippen LogP contribution in [0, 0.1) is 0 Å². The topological polar surface area (TPSA) is 19.4 Å². The Hall–Kier alpha value is -0.640. The molecule has 1 fully saturated rings. The fraction of sp³-hybridized carbons (Fsp3) is 0.643. The van der Waals surface area contributed by atoms with Crippen molar-refractivity contribution in [3.05, 3.63) is 29.0 Å². The smallest absolute Gasteiger partial charge is 0.133 e. The zero-order chi connectivity index (χ0) is 13.2. The molecule has 0 aromatic carbocycles. The average Bonchev–Trinajstić information content (AvgIpc) is 2.26. The Morgan fingerprint density at radius 3 is 2.56 bits per heavy atom. The maximum atomic E-state index is 6.10. The molecule has 1 saturated carbocycles. The van der Waals surface area contributed by atoms with E-state index in [0.29, 0.717) is 10.7 Å². The highest BCUT2D eigenvalue weighted by Crippen LogP contribution is 2.36. The van der Waals surface area contributed by atoms with Gasteiger partial charge in [-0.15, -0.1) is 0 Å². The zero-order valence-corrected chi connectivity index (χ0v) is 12.2. The van der Waals surface area contributed by atoms with Crippen LogP contribution in [0.1, 0.15) is 24.8 Å². The molecule has 3 nitrogen and oxygen atoms in total. The van der Waals surface area contributed by atoms with Crippen molar-refractivity contribution >= 4 is 11.6 Å². The molecule has 1 aliphatic carbocycles. The summed E-state index contributed by atoms with van der Waals surface area (Å²) < 4.78 is 0. The van der Waals surface area contributed by atoms with Crippen molar-refractivity contribution in [3.8, 4) is 0 Å². The minimum Gasteiger partial charge on any atom is -0.302 e. The molecule has 0 atom stereocenters. The Bertz CT molecular complexity index is 402. The summed E-state index contributed by atoms with van der Waals surface area (Å²) in [5, 5.41) is 0.622. The summed E-state index contributed by atoms with van der Waals surface area (Å²) in [5.74, 6) is 0. The standard InChI is InChI=1S/C14H22ClN3/c1-17(2)14(7-5-8-14)11-18(3)10-12-6-4-9-16-13(12)15/h4,6,9H,5,7-8,10-11H2,1-3H3. The Morgan fingerprint density at radius 1 is 1.33 bits per heavy atom. The van der Waals surface area contributed by atoms with E-state index < -0.39 is 0 Å². The van der Waals surface area contributed by atoms with Crippen molar-refractivity contribution < 1.29 is 0 Å². The van der Waals surface area contributed by atoms with Gasteiger partial charge in [-0.3, -0.25) is 0 Å². The molecule has 0 unspecified atom stereocenters. The third-order valence-electron chi connectivity index (χ3n) is 4.07. The first kappa shape index (κ1) is 13.8. The van der Waals surface area contributed by atoms with Gasteiger partial charge in [0.05, 0.1) is 0 Å². The molecular weight excluding hydrogens is 246 g/mol. The minimum absolute atomic E-state index is 0.365.